The summed E-state index contributed by atoms with van der Waals surface area (Å²) in [5.74, 6) is -2.43. The Morgan fingerprint density at radius 3 is 2.05 bits per heavy atom. The summed E-state index contributed by atoms with van der Waals surface area (Å²) >= 11 is 0. The molecule has 204 valence electrons. The van der Waals surface area contributed by atoms with E-state index >= 15 is 0 Å². The van der Waals surface area contributed by atoms with E-state index in [1.807, 2.05) is 0 Å². The van der Waals surface area contributed by atoms with Gasteiger partial charge in [0.2, 0.25) is 31.9 Å². The Hall–Kier alpha value is -3.98. The van der Waals surface area contributed by atoms with Crippen LogP contribution in [0.5, 0.6) is 0 Å². The maximum absolute atomic E-state index is 13.8. The molecule has 3 aromatic rings. The first kappa shape index (κ1) is 28.0. The first-order chi connectivity index (χ1) is 18.3. The number of carbonyl (C=O) groups is 3. The molecule has 1 aliphatic rings. The van der Waals surface area contributed by atoms with Crippen LogP contribution in [0.3, 0.4) is 0 Å². The van der Waals surface area contributed by atoms with Gasteiger partial charge in [-0.25, -0.2) is 31.3 Å². The van der Waals surface area contributed by atoms with Gasteiger partial charge >= 0.3 is 0 Å². The summed E-state index contributed by atoms with van der Waals surface area (Å²) in [5, 5.41) is 7.63. The van der Waals surface area contributed by atoms with Crippen LogP contribution in [0.1, 0.15) is 18.9 Å². The van der Waals surface area contributed by atoms with Crippen molar-refractivity contribution in [2.75, 3.05) is 10.2 Å². The molecule has 0 saturated carbocycles. The molecular weight excluding hydrogens is 551 g/mol. The highest BCUT2D eigenvalue weighted by Gasteiger charge is 2.47. The fraction of sp³-hybridized carbons (Fsp3) is 0.160. The summed E-state index contributed by atoms with van der Waals surface area (Å²) in [6.45, 7) is 0.948. The van der Waals surface area contributed by atoms with E-state index in [0.29, 0.717) is 11.3 Å². The molecule has 1 fully saturated rings. The fourth-order valence-corrected chi connectivity index (χ4v) is 6.16. The number of anilines is 2. The first-order valence-electron chi connectivity index (χ1n) is 11.4. The largest absolute Gasteiger partial charge is 0.326 e. The van der Waals surface area contributed by atoms with Crippen molar-refractivity contribution >= 4 is 49.1 Å². The summed E-state index contributed by atoms with van der Waals surface area (Å²) < 4.78 is 65.0. The summed E-state index contributed by atoms with van der Waals surface area (Å²) in [6.07, 6.45) is -0.486. The number of imide groups is 1. The molecule has 1 saturated heterocycles. The molecule has 14 heteroatoms. The molecule has 4 rings (SSSR count). The Morgan fingerprint density at radius 1 is 0.949 bits per heavy atom. The number of nitrogens with zero attached hydrogens (tertiary/aromatic N) is 2. The molecule has 0 bridgehead atoms. The number of benzene rings is 3. The van der Waals surface area contributed by atoms with Crippen LogP contribution in [0.2, 0.25) is 0 Å². The van der Waals surface area contributed by atoms with Crippen LogP contribution in [0.15, 0.2) is 82.6 Å². The van der Waals surface area contributed by atoms with Crippen molar-refractivity contribution in [3.8, 4) is 0 Å². The lowest BCUT2D eigenvalue weighted by atomic mass is 10.2. The van der Waals surface area contributed by atoms with Crippen LogP contribution in [-0.2, 0) is 41.0 Å². The molecular formula is C25H23FN4O7S2. The Kier molecular flexibility index (Phi) is 7.66. The zero-order chi connectivity index (χ0) is 28.5. The molecule has 3 amide bonds. The minimum absolute atomic E-state index is 0.0405. The van der Waals surface area contributed by atoms with Crippen molar-refractivity contribution in [3.63, 3.8) is 0 Å². The number of hydrogen-bond acceptors (Lipinski definition) is 7. The van der Waals surface area contributed by atoms with Gasteiger partial charge in [-0.2, -0.15) is 4.31 Å². The fourth-order valence-electron chi connectivity index (χ4n) is 4.08. The van der Waals surface area contributed by atoms with Gasteiger partial charge in [0, 0.05) is 19.2 Å². The molecule has 1 aliphatic heterocycles. The second-order valence-electron chi connectivity index (χ2n) is 8.71. The van der Waals surface area contributed by atoms with Crippen molar-refractivity contribution in [2.24, 2.45) is 5.14 Å². The lowest BCUT2D eigenvalue weighted by molar-refractivity contribution is -0.122. The van der Waals surface area contributed by atoms with E-state index in [2.05, 4.69) is 5.32 Å². The van der Waals surface area contributed by atoms with Crippen molar-refractivity contribution in [1.82, 2.24) is 4.31 Å². The minimum Gasteiger partial charge on any atom is -0.326 e. The molecule has 3 N–H and O–H groups in total. The first-order valence-corrected chi connectivity index (χ1v) is 14.4. The number of nitrogens with one attached hydrogen (secondary N) is 1. The van der Waals surface area contributed by atoms with Gasteiger partial charge in [0.25, 0.3) is 5.91 Å². The van der Waals surface area contributed by atoms with Crippen LogP contribution in [0.25, 0.3) is 0 Å². The zero-order valence-electron chi connectivity index (χ0n) is 20.4. The Bertz CT molecular complexity index is 1640. The number of sulfonamides is 2. The van der Waals surface area contributed by atoms with E-state index < -0.39 is 50.1 Å². The highest BCUT2D eigenvalue weighted by molar-refractivity contribution is 7.89. The standard InChI is InChI=1S/C25H23FN4O7S2/c1-16(31)28-19-6-10-22(11-7-19)39(36,37)29(15-17-2-4-18(26)5-3-17)23-14-24(32)30(25(23)33)20-8-12-21(13-9-20)38(27,34)35/h2-13,23H,14-15H2,1H3,(H,28,31)(H2,27,34,35). The second kappa shape index (κ2) is 10.6. The quantitative estimate of drug-likeness (QED) is 0.388. The highest BCUT2D eigenvalue weighted by atomic mass is 32.2. The lowest BCUT2D eigenvalue weighted by Crippen LogP contribution is -2.45. The third-order valence-electron chi connectivity index (χ3n) is 5.93. The molecule has 0 radical (unpaired) electrons. The summed E-state index contributed by atoms with van der Waals surface area (Å²) in [5.41, 5.74) is 0.762. The molecule has 11 nitrogen and oxygen atoms in total. The minimum atomic E-state index is -4.39. The number of halogens is 1. The van der Waals surface area contributed by atoms with Crippen LogP contribution in [-0.4, -0.2) is 44.9 Å². The van der Waals surface area contributed by atoms with E-state index in [0.717, 1.165) is 33.5 Å². The second-order valence-corrected chi connectivity index (χ2v) is 12.2. The molecule has 0 aromatic heterocycles. The van der Waals surface area contributed by atoms with Crippen molar-refractivity contribution in [3.05, 3.63) is 84.2 Å². The predicted octanol–water partition coefficient (Wildman–Crippen LogP) is 1.95. The summed E-state index contributed by atoms with van der Waals surface area (Å²) in [7, 11) is -8.41. The SMILES string of the molecule is CC(=O)Nc1ccc(S(=O)(=O)N(Cc2ccc(F)cc2)C2CC(=O)N(c3ccc(S(N)(=O)=O)cc3)C2=O)cc1. The number of carbonyl (C=O) groups excluding carboxylic acids is 3. The normalized spacial score (nSPS) is 16.1. The van der Waals surface area contributed by atoms with Crippen molar-refractivity contribution in [1.29, 1.82) is 0 Å². The van der Waals surface area contributed by atoms with E-state index in [1.54, 1.807) is 0 Å². The Balaban J connectivity index is 1.72. The third-order valence-corrected chi connectivity index (χ3v) is 8.72. The van der Waals surface area contributed by atoms with Crippen molar-refractivity contribution < 1.29 is 35.6 Å². The number of nitrogens with two attached hydrogens (primary N) is 1. The van der Waals surface area contributed by atoms with E-state index in [-0.39, 0.29) is 27.9 Å². The zero-order valence-corrected chi connectivity index (χ0v) is 22.1. The van der Waals surface area contributed by atoms with Gasteiger partial charge in [-0.05, 0) is 66.2 Å². The number of hydrogen-bond donors (Lipinski definition) is 2. The van der Waals surface area contributed by atoms with Gasteiger partial charge < -0.3 is 5.32 Å². The average Bonchev–Trinajstić information content (AvgIpc) is 3.16. The number of rotatable bonds is 8. The van der Waals surface area contributed by atoms with E-state index in [1.165, 1.54) is 55.5 Å². The summed E-state index contributed by atoms with van der Waals surface area (Å²) in [6, 6.07) is 13.5. The predicted molar refractivity (Wildman–Crippen MR) is 139 cm³/mol. The monoisotopic (exact) mass is 574 g/mol. The van der Waals surface area contributed by atoms with Gasteiger partial charge in [-0.1, -0.05) is 12.1 Å². The highest BCUT2D eigenvalue weighted by Crippen LogP contribution is 2.31. The Morgan fingerprint density at radius 2 is 1.51 bits per heavy atom. The van der Waals surface area contributed by atoms with Gasteiger partial charge in [-0.15, -0.1) is 0 Å². The summed E-state index contributed by atoms with van der Waals surface area (Å²) in [4.78, 5) is 38.1. The van der Waals surface area contributed by atoms with Gasteiger partial charge in [0.15, 0.2) is 0 Å². The maximum atomic E-state index is 13.8. The molecule has 39 heavy (non-hydrogen) atoms. The van der Waals surface area contributed by atoms with Crippen LogP contribution >= 0.6 is 0 Å². The van der Waals surface area contributed by atoms with E-state index in [4.69, 9.17) is 5.14 Å². The molecule has 1 atom stereocenters. The Labute approximate surface area is 224 Å². The maximum Gasteiger partial charge on any atom is 0.252 e. The smallest absolute Gasteiger partial charge is 0.252 e. The number of amides is 3. The van der Waals surface area contributed by atoms with Crippen LogP contribution in [0.4, 0.5) is 15.8 Å². The van der Waals surface area contributed by atoms with Crippen LogP contribution < -0.4 is 15.4 Å². The number of primary sulfonamides is 1. The topological polar surface area (TPSA) is 164 Å². The molecule has 1 heterocycles. The molecule has 1 unspecified atom stereocenters. The lowest BCUT2D eigenvalue weighted by Gasteiger charge is -2.27. The van der Waals surface area contributed by atoms with Crippen LogP contribution in [0, 0.1) is 5.82 Å². The van der Waals surface area contributed by atoms with Gasteiger partial charge in [0.05, 0.1) is 21.9 Å². The molecule has 3 aromatic carbocycles. The van der Waals surface area contributed by atoms with Gasteiger partial charge in [0.1, 0.15) is 11.9 Å². The molecule has 0 aliphatic carbocycles. The average molecular weight is 575 g/mol. The van der Waals surface area contributed by atoms with Crippen molar-refractivity contribution in [2.45, 2.75) is 35.7 Å². The van der Waals surface area contributed by atoms with Gasteiger partial charge in [-0.3, -0.25) is 14.4 Å². The molecule has 0 spiro atoms. The third kappa shape index (κ3) is 6.04. The van der Waals surface area contributed by atoms with E-state index in [9.17, 15) is 35.6 Å².